The van der Waals surface area contributed by atoms with Crippen molar-refractivity contribution in [2.75, 3.05) is 0 Å². The number of aryl methyl sites for hydroxylation is 1. The Morgan fingerprint density at radius 2 is 2.25 bits per heavy atom. The van der Waals surface area contributed by atoms with Crippen LogP contribution in [-0.2, 0) is 0 Å². The van der Waals surface area contributed by atoms with E-state index < -0.39 is 0 Å². The molecule has 62 valence electrons. The molecule has 0 spiro atoms. The molecule has 0 aliphatic heterocycles. The highest BCUT2D eigenvalue weighted by Gasteiger charge is 2.24. The zero-order chi connectivity index (χ0) is 8.72. The van der Waals surface area contributed by atoms with Gasteiger partial charge in [0, 0.05) is 17.8 Å². The second kappa shape index (κ2) is 2.51. The van der Waals surface area contributed by atoms with Gasteiger partial charge in [0.1, 0.15) is 7.85 Å². The van der Waals surface area contributed by atoms with Gasteiger partial charge in [0.25, 0.3) is 5.56 Å². The highest BCUT2D eigenvalue weighted by Crippen LogP contribution is 2.32. The van der Waals surface area contributed by atoms with Gasteiger partial charge in [-0.2, -0.15) is 0 Å². The summed E-state index contributed by atoms with van der Waals surface area (Å²) in [4.78, 5) is 11.6. The highest BCUT2D eigenvalue weighted by molar-refractivity contribution is 6.32. The maximum Gasteiger partial charge on any atom is 0.253 e. The van der Waals surface area contributed by atoms with Gasteiger partial charge in [0.05, 0.1) is 0 Å². The molecule has 0 radical (unpaired) electrons. The van der Waals surface area contributed by atoms with Gasteiger partial charge in [-0.3, -0.25) is 4.79 Å². The molecule has 0 saturated heterocycles. The van der Waals surface area contributed by atoms with Gasteiger partial charge in [-0.05, 0) is 19.8 Å². The summed E-state index contributed by atoms with van der Waals surface area (Å²) in [5.41, 5.74) is 2.23. The fourth-order valence-electron chi connectivity index (χ4n) is 1.55. The van der Waals surface area contributed by atoms with Crippen LogP contribution in [0.15, 0.2) is 17.1 Å². The Labute approximate surface area is 72.6 Å². The molecule has 1 aliphatic rings. The largest absolute Gasteiger partial charge is 0.313 e. The van der Waals surface area contributed by atoms with E-state index in [1.165, 1.54) is 18.3 Å². The summed E-state index contributed by atoms with van der Waals surface area (Å²) in [5.74, 6) is 0. The third kappa shape index (κ3) is 1.19. The van der Waals surface area contributed by atoms with E-state index in [9.17, 15) is 4.79 Å². The van der Waals surface area contributed by atoms with E-state index in [4.69, 9.17) is 0 Å². The quantitative estimate of drug-likeness (QED) is 0.520. The van der Waals surface area contributed by atoms with Gasteiger partial charge in [0.15, 0.2) is 0 Å². The van der Waals surface area contributed by atoms with Crippen LogP contribution in [0.25, 0.3) is 0 Å². The summed E-state index contributed by atoms with van der Waals surface area (Å²) in [7, 11) is 2.03. The predicted octanol–water partition coefficient (Wildman–Crippen LogP) is -0.250. The molecule has 2 nitrogen and oxygen atoms in total. The Hall–Kier alpha value is -0.985. The van der Waals surface area contributed by atoms with Crippen molar-refractivity contribution in [1.29, 1.82) is 0 Å². The monoisotopic (exact) mass is 161 g/mol. The smallest absolute Gasteiger partial charge is 0.253 e. The minimum Gasteiger partial charge on any atom is -0.313 e. The molecule has 12 heavy (non-hydrogen) atoms. The van der Waals surface area contributed by atoms with E-state index in [1.54, 1.807) is 0 Å². The normalized spacial score (nSPS) is 16.4. The van der Waals surface area contributed by atoms with Crippen molar-refractivity contribution in [3.05, 3.63) is 28.2 Å². The minimum atomic E-state index is 0.183. The average Bonchev–Trinajstić information content (AvgIpc) is 2.79. The zero-order valence-corrected chi connectivity index (χ0v) is 7.50. The fraction of sp³-hybridized carbons (Fsp3) is 0.444. The van der Waals surface area contributed by atoms with Crippen molar-refractivity contribution < 1.29 is 0 Å². The Morgan fingerprint density at radius 1 is 1.58 bits per heavy atom. The summed E-state index contributed by atoms with van der Waals surface area (Å²) in [6.07, 6.45) is 4.30. The summed E-state index contributed by atoms with van der Waals surface area (Å²) < 4.78 is 1.88. The number of nitrogens with zero attached hydrogens (tertiary/aromatic N) is 1. The van der Waals surface area contributed by atoms with Crippen LogP contribution in [0.4, 0.5) is 0 Å². The van der Waals surface area contributed by atoms with Gasteiger partial charge in [-0.1, -0.05) is 11.5 Å². The number of aromatic nitrogens is 1. The van der Waals surface area contributed by atoms with Crippen molar-refractivity contribution in [3.63, 3.8) is 0 Å². The maximum absolute atomic E-state index is 11.6. The molecule has 0 bridgehead atoms. The molecule has 1 aliphatic carbocycles. The first-order chi connectivity index (χ1) is 5.68. The summed E-state index contributed by atoms with van der Waals surface area (Å²) in [5, 5.41) is 0. The number of hydrogen-bond acceptors (Lipinski definition) is 1. The van der Waals surface area contributed by atoms with Crippen molar-refractivity contribution in [2.24, 2.45) is 0 Å². The summed E-state index contributed by atoms with van der Waals surface area (Å²) in [6.45, 7) is 1.88. The molecule has 0 unspecified atom stereocenters. The summed E-state index contributed by atoms with van der Waals surface area (Å²) in [6, 6.07) is 2.44. The SMILES string of the molecule is Bc1cc(C)c(=O)n(C2CC2)c1. The summed E-state index contributed by atoms with van der Waals surface area (Å²) >= 11 is 0. The van der Waals surface area contributed by atoms with E-state index in [2.05, 4.69) is 0 Å². The third-order valence-corrected chi connectivity index (χ3v) is 2.30. The molecular formula is C9H12BNO. The Bertz CT molecular complexity index is 365. The Kier molecular flexibility index (Phi) is 1.60. The van der Waals surface area contributed by atoms with Crippen LogP contribution in [0.5, 0.6) is 0 Å². The van der Waals surface area contributed by atoms with Crippen LogP contribution in [0.3, 0.4) is 0 Å². The first kappa shape index (κ1) is 7.65. The lowest BCUT2D eigenvalue weighted by Gasteiger charge is -2.05. The molecule has 0 aromatic carbocycles. The molecule has 1 aromatic heterocycles. The van der Waals surface area contributed by atoms with Crippen LogP contribution >= 0.6 is 0 Å². The van der Waals surface area contributed by atoms with Crippen LogP contribution in [0, 0.1) is 6.92 Å². The number of pyridine rings is 1. The second-order valence-electron chi connectivity index (χ2n) is 3.64. The van der Waals surface area contributed by atoms with E-state index in [0.29, 0.717) is 6.04 Å². The van der Waals surface area contributed by atoms with Crippen molar-refractivity contribution in [2.45, 2.75) is 25.8 Å². The first-order valence-electron chi connectivity index (χ1n) is 4.38. The molecule has 0 N–H and O–H groups in total. The fourth-order valence-corrected chi connectivity index (χ4v) is 1.55. The van der Waals surface area contributed by atoms with Gasteiger partial charge < -0.3 is 4.57 Å². The molecule has 1 fully saturated rings. The van der Waals surface area contributed by atoms with E-state index in [0.717, 1.165) is 5.56 Å². The molecule has 3 heteroatoms. The standard InChI is InChI=1S/C9H12BNO/c1-6-4-7(10)5-11(9(6)12)8-2-3-8/h4-5,8H,2-3,10H2,1H3. The molecule has 0 atom stereocenters. The zero-order valence-electron chi connectivity index (χ0n) is 7.50. The van der Waals surface area contributed by atoms with E-state index in [1.807, 2.05) is 31.6 Å². The lowest BCUT2D eigenvalue weighted by Crippen LogP contribution is -2.25. The van der Waals surface area contributed by atoms with Crippen molar-refractivity contribution >= 4 is 13.3 Å². The molecular weight excluding hydrogens is 149 g/mol. The highest BCUT2D eigenvalue weighted by atomic mass is 16.1. The maximum atomic E-state index is 11.6. The predicted molar refractivity (Wildman–Crippen MR) is 51.9 cm³/mol. The van der Waals surface area contributed by atoms with Gasteiger partial charge in [-0.15, -0.1) is 0 Å². The molecule has 0 amide bonds. The van der Waals surface area contributed by atoms with Gasteiger partial charge in [0.2, 0.25) is 0 Å². The number of rotatable bonds is 1. The van der Waals surface area contributed by atoms with Crippen LogP contribution < -0.4 is 11.0 Å². The topological polar surface area (TPSA) is 22.0 Å². The van der Waals surface area contributed by atoms with E-state index in [-0.39, 0.29) is 5.56 Å². The molecule has 1 aromatic rings. The Morgan fingerprint density at radius 3 is 2.83 bits per heavy atom. The average molecular weight is 161 g/mol. The minimum absolute atomic E-state index is 0.183. The molecule has 1 saturated carbocycles. The Balaban J connectivity index is 2.58. The van der Waals surface area contributed by atoms with Crippen LogP contribution in [0.2, 0.25) is 0 Å². The lowest BCUT2D eigenvalue weighted by atomic mass is 9.97. The van der Waals surface area contributed by atoms with Gasteiger partial charge >= 0.3 is 0 Å². The molecule has 1 heterocycles. The third-order valence-electron chi connectivity index (χ3n) is 2.30. The van der Waals surface area contributed by atoms with E-state index >= 15 is 0 Å². The van der Waals surface area contributed by atoms with Gasteiger partial charge in [-0.25, -0.2) is 0 Å². The number of hydrogen-bond donors (Lipinski definition) is 0. The van der Waals surface area contributed by atoms with Crippen LogP contribution in [-0.4, -0.2) is 12.4 Å². The van der Waals surface area contributed by atoms with Crippen LogP contribution in [0.1, 0.15) is 24.4 Å². The second-order valence-corrected chi connectivity index (χ2v) is 3.64. The first-order valence-corrected chi connectivity index (χ1v) is 4.38. The molecule has 2 rings (SSSR count). The van der Waals surface area contributed by atoms with Crippen molar-refractivity contribution in [3.8, 4) is 0 Å². The lowest BCUT2D eigenvalue weighted by molar-refractivity contribution is 0.705. The van der Waals surface area contributed by atoms with Crippen molar-refractivity contribution in [1.82, 2.24) is 4.57 Å².